The third-order valence-corrected chi connectivity index (χ3v) is 6.75. The van der Waals surface area contributed by atoms with Crippen molar-refractivity contribution in [3.05, 3.63) is 111 Å². The Morgan fingerprint density at radius 1 is 0.903 bits per heavy atom. The largest absolute Gasteiger partial charge is 0.464 e. The predicted molar refractivity (Wildman–Crippen MR) is 129 cm³/mol. The molecule has 2 aliphatic rings. The van der Waals surface area contributed by atoms with Crippen LogP contribution in [-0.4, -0.2) is 10.7 Å². The molecule has 0 aliphatic carbocycles. The first-order chi connectivity index (χ1) is 15.2. The molecule has 0 radical (unpaired) electrons. The molecule has 5 heteroatoms. The van der Waals surface area contributed by atoms with Gasteiger partial charge in [-0.3, -0.25) is 0 Å². The quantitative estimate of drug-likeness (QED) is 0.291. The average molecular weight is 490 g/mol. The van der Waals surface area contributed by atoms with Gasteiger partial charge in [0.15, 0.2) is 0 Å². The fraction of sp³-hybridized carbons (Fsp3) is 0.115. The van der Waals surface area contributed by atoms with Crippen LogP contribution < -0.4 is 4.74 Å². The van der Waals surface area contributed by atoms with Gasteiger partial charge in [-0.05, 0) is 52.7 Å². The maximum absolute atomic E-state index is 6.43. The van der Waals surface area contributed by atoms with E-state index in [0.29, 0.717) is 5.02 Å². The van der Waals surface area contributed by atoms with Crippen molar-refractivity contribution in [2.24, 2.45) is 5.10 Å². The molecule has 0 saturated heterocycles. The highest BCUT2D eigenvalue weighted by molar-refractivity contribution is 9.10. The zero-order valence-corrected chi connectivity index (χ0v) is 18.8. The summed E-state index contributed by atoms with van der Waals surface area (Å²) in [5.41, 5.74) is 4.36. The molecule has 0 unspecified atom stereocenters. The Hall–Kier alpha value is -2.82. The van der Waals surface area contributed by atoms with Gasteiger partial charge < -0.3 is 4.74 Å². The van der Waals surface area contributed by atoms with Crippen molar-refractivity contribution in [3.63, 3.8) is 0 Å². The fourth-order valence-corrected chi connectivity index (χ4v) is 4.89. The molecule has 2 atom stereocenters. The number of ether oxygens (including phenoxy) is 1. The Morgan fingerprint density at radius 3 is 2.55 bits per heavy atom. The summed E-state index contributed by atoms with van der Waals surface area (Å²) in [4.78, 5) is 0. The molecule has 2 aliphatic heterocycles. The van der Waals surface area contributed by atoms with Gasteiger partial charge in [0, 0.05) is 27.0 Å². The summed E-state index contributed by atoms with van der Waals surface area (Å²) in [7, 11) is 0. The number of hydrazone groups is 1. The standard InChI is InChI=1S/C26H18BrClN2O/c27-20-9-7-17(8-10-20)26-30-24(22-14-21(28)11-12-25(22)31-26)15-23(29-30)19-6-5-16-3-1-2-4-18(16)13-19/h1-14,24,26H,15H2/t24-,26-/m1/s1. The summed E-state index contributed by atoms with van der Waals surface area (Å²) in [6.45, 7) is 0. The number of hydrogen-bond acceptors (Lipinski definition) is 3. The summed E-state index contributed by atoms with van der Waals surface area (Å²) in [5, 5.41) is 10.3. The molecule has 0 saturated carbocycles. The van der Waals surface area contributed by atoms with E-state index in [1.807, 2.05) is 30.3 Å². The van der Waals surface area contributed by atoms with E-state index < -0.39 is 0 Å². The Bertz CT molecular complexity index is 1340. The van der Waals surface area contributed by atoms with Crippen LogP contribution in [0.15, 0.2) is 94.5 Å². The van der Waals surface area contributed by atoms with Gasteiger partial charge in [0.2, 0.25) is 6.23 Å². The molecule has 152 valence electrons. The van der Waals surface area contributed by atoms with E-state index >= 15 is 0 Å². The van der Waals surface area contributed by atoms with E-state index in [1.54, 1.807) is 0 Å². The van der Waals surface area contributed by atoms with Gasteiger partial charge in [0.05, 0.1) is 11.8 Å². The van der Waals surface area contributed by atoms with Crippen molar-refractivity contribution < 1.29 is 4.74 Å². The number of rotatable bonds is 2. The van der Waals surface area contributed by atoms with Crippen LogP contribution in [0.25, 0.3) is 10.8 Å². The molecule has 31 heavy (non-hydrogen) atoms. The van der Waals surface area contributed by atoms with Crippen molar-refractivity contribution in [3.8, 4) is 5.75 Å². The first-order valence-corrected chi connectivity index (χ1v) is 11.4. The maximum Gasteiger partial charge on any atom is 0.213 e. The molecule has 0 bridgehead atoms. The van der Waals surface area contributed by atoms with E-state index in [1.165, 1.54) is 10.8 Å². The van der Waals surface area contributed by atoms with Gasteiger partial charge in [-0.15, -0.1) is 0 Å². The van der Waals surface area contributed by atoms with Gasteiger partial charge in [-0.2, -0.15) is 5.10 Å². The van der Waals surface area contributed by atoms with Gasteiger partial charge in [-0.1, -0.05) is 76.1 Å². The first kappa shape index (κ1) is 18.9. The van der Waals surface area contributed by atoms with Gasteiger partial charge in [0.25, 0.3) is 0 Å². The molecule has 0 spiro atoms. The van der Waals surface area contributed by atoms with Crippen LogP contribution in [0.2, 0.25) is 5.02 Å². The molecule has 0 fully saturated rings. The molecule has 0 N–H and O–H groups in total. The van der Waals surface area contributed by atoms with Gasteiger partial charge in [-0.25, -0.2) is 5.01 Å². The number of hydrogen-bond donors (Lipinski definition) is 0. The highest BCUT2D eigenvalue weighted by Crippen LogP contribution is 2.48. The van der Waals surface area contributed by atoms with Crippen LogP contribution in [0.3, 0.4) is 0 Å². The van der Waals surface area contributed by atoms with Crippen LogP contribution >= 0.6 is 27.5 Å². The lowest BCUT2D eigenvalue weighted by Gasteiger charge is -2.38. The summed E-state index contributed by atoms with van der Waals surface area (Å²) in [6.07, 6.45) is 0.520. The second-order valence-electron chi connectivity index (χ2n) is 7.91. The lowest BCUT2D eigenvalue weighted by molar-refractivity contribution is -0.0190. The third-order valence-electron chi connectivity index (χ3n) is 5.99. The Kier molecular flexibility index (Phi) is 4.51. The van der Waals surface area contributed by atoms with Gasteiger partial charge in [0.1, 0.15) is 5.75 Å². The zero-order valence-electron chi connectivity index (χ0n) is 16.5. The highest BCUT2D eigenvalue weighted by atomic mass is 79.9. The Morgan fingerprint density at radius 2 is 1.71 bits per heavy atom. The second kappa shape index (κ2) is 7.40. The molecular formula is C26H18BrClN2O. The van der Waals surface area contributed by atoms with Crippen molar-refractivity contribution in [2.45, 2.75) is 18.7 Å². The van der Waals surface area contributed by atoms with Crippen molar-refractivity contribution in [1.29, 1.82) is 0 Å². The minimum Gasteiger partial charge on any atom is -0.464 e. The highest BCUT2D eigenvalue weighted by Gasteiger charge is 2.41. The van der Waals surface area contributed by atoms with E-state index in [0.717, 1.165) is 39.0 Å². The molecule has 0 amide bonds. The number of nitrogens with zero attached hydrogens (tertiary/aromatic N) is 2. The molecule has 6 rings (SSSR count). The molecule has 4 aromatic rings. The van der Waals surface area contributed by atoms with Crippen molar-refractivity contribution in [1.82, 2.24) is 5.01 Å². The van der Waals surface area contributed by atoms with Crippen LogP contribution in [0.5, 0.6) is 5.75 Å². The number of halogens is 2. The SMILES string of the molecule is Clc1ccc2c(c1)[C@H]1CC(c3ccc4ccccc4c3)=NN1[C@@H](c1ccc(Br)cc1)O2. The van der Waals surface area contributed by atoms with E-state index in [2.05, 4.69) is 75.5 Å². The fourth-order valence-electron chi connectivity index (χ4n) is 4.45. The lowest BCUT2D eigenvalue weighted by Crippen LogP contribution is -2.33. The van der Waals surface area contributed by atoms with Crippen LogP contribution in [0.1, 0.15) is 35.4 Å². The smallest absolute Gasteiger partial charge is 0.213 e. The average Bonchev–Trinajstić information content (AvgIpc) is 3.25. The zero-order chi connectivity index (χ0) is 20.9. The number of benzene rings is 4. The minimum absolute atomic E-state index is 0.0811. The maximum atomic E-state index is 6.43. The van der Waals surface area contributed by atoms with Crippen molar-refractivity contribution >= 4 is 44.0 Å². The van der Waals surface area contributed by atoms with E-state index in [-0.39, 0.29) is 12.3 Å². The summed E-state index contributed by atoms with van der Waals surface area (Å²) < 4.78 is 7.47. The predicted octanol–water partition coefficient (Wildman–Crippen LogP) is 7.50. The van der Waals surface area contributed by atoms with Gasteiger partial charge >= 0.3 is 0 Å². The van der Waals surface area contributed by atoms with Crippen LogP contribution in [-0.2, 0) is 0 Å². The van der Waals surface area contributed by atoms with Crippen LogP contribution in [0.4, 0.5) is 0 Å². The summed E-state index contributed by atoms with van der Waals surface area (Å²) in [6, 6.07) is 29.1. The van der Waals surface area contributed by atoms with Crippen LogP contribution in [0, 0.1) is 0 Å². The topological polar surface area (TPSA) is 24.8 Å². The second-order valence-corrected chi connectivity index (χ2v) is 9.26. The molecule has 3 nitrogen and oxygen atoms in total. The van der Waals surface area contributed by atoms with E-state index in [4.69, 9.17) is 21.4 Å². The monoisotopic (exact) mass is 488 g/mol. The Balaban J connectivity index is 1.45. The summed E-state index contributed by atoms with van der Waals surface area (Å²) >= 11 is 9.86. The molecule has 2 heterocycles. The molecule has 4 aromatic carbocycles. The minimum atomic E-state index is -0.287. The lowest BCUT2D eigenvalue weighted by atomic mass is 9.95. The normalized spacial score (nSPS) is 19.5. The molecular weight excluding hydrogens is 472 g/mol. The van der Waals surface area contributed by atoms with Crippen molar-refractivity contribution in [2.75, 3.05) is 0 Å². The third kappa shape index (κ3) is 3.31. The number of fused-ring (bicyclic) bond motifs is 4. The first-order valence-electron chi connectivity index (χ1n) is 10.2. The van der Waals surface area contributed by atoms with E-state index in [9.17, 15) is 0 Å². The Labute approximate surface area is 194 Å². The summed E-state index contributed by atoms with van der Waals surface area (Å²) in [5.74, 6) is 0.869. The molecule has 0 aromatic heterocycles.